The van der Waals surface area contributed by atoms with Gasteiger partial charge in [-0.2, -0.15) is 0 Å². The number of nitrogens with two attached hydrogens (primary N) is 1. The Labute approximate surface area is 94.5 Å². The van der Waals surface area contributed by atoms with Gasteiger partial charge in [-0.1, -0.05) is 0 Å². The maximum absolute atomic E-state index is 5.79. The van der Waals surface area contributed by atoms with Crippen molar-refractivity contribution in [2.24, 2.45) is 0 Å². The molecule has 4 heteroatoms. The monoisotopic (exact) mass is 217 g/mol. The van der Waals surface area contributed by atoms with Gasteiger partial charge in [0.2, 0.25) is 0 Å². The summed E-state index contributed by atoms with van der Waals surface area (Å²) in [5.74, 6) is 0.965. The van der Waals surface area contributed by atoms with Gasteiger partial charge < -0.3 is 15.5 Å². The summed E-state index contributed by atoms with van der Waals surface area (Å²) in [5, 5.41) is 3.32. The fraction of sp³-hybridized carbons (Fsp3) is 0.250. The largest absolute Gasteiger partial charge is 0.469 e. The first kappa shape index (κ1) is 10.5. The van der Waals surface area contributed by atoms with E-state index in [1.54, 1.807) is 18.7 Å². The van der Waals surface area contributed by atoms with Gasteiger partial charge in [-0.25, -0.2) is 0 Å². The summed E-state index contributed by atoms with van der Waals surface area (Å²) in [7, 11) is 0. The van der Waals surface area contributed by atoms with Crippen LogP contribution in [-0.4, -0.2) is 11.0 Å². The van der Waals surface area contributed by atoms with Crippen LogP contribution in [0.2, 0.25) is 0 Å². The summed E-state index contributed by atoms with van der Waals surface area (Å²) in [6.07, 6.45) is 5.87. The fourth-order valence-electron chi connectivity index (χ4n) is 1.59. The molecule has 0 aliphatic carbocycles. The van der Waals surface area contributed by atoms with Gasteiger partial charge in [0.05, 0.1) is 23.8 Å². The van der Waals surface area contributed by atoms with E-state index in [4.69, 9.17) is 10.2 Å². The molecule has 0 aliphatic rings. The van der Waals surface area contributed by atoms with Gasteiger partial charge in [-0.05, 0) is 25.1 Å². The second-order valence-electron chi connectivity index (χ2n) is 3.79. The average molecular weight is 217 g/mol. The molecule has 2 aromatic heterocycles. The van der Waals surface area contributed by atoms with E-state index in [-0.39, 0.29) is 6.04 Å². The topological polar surface area (TPSA) is 64.1 Å². The van der Waals surface area contributed by atoms with Crippen LogP contribution in [0, 0.1) is 0 Å². The lowest BCUT2D eigenvalue weighted by molar-refractivity contribution is 0.498. The molecule has 0 bridgehead atoms. The fourth-order valence-corrected chi connectivity index (χ4v) is 1.59. The van der Waals surface area contributed by atoms with E-state index < -0.39 is 0 Å². The van der Waals surface area contributed by atoms with Gasteiger partial charge in [0.25, 0.3) is 0 Å². The lowest BCUT2D eigenvalue weighted by Gasteiger charge is -2.15. The zero-order valence-corrected chi connectivity index (χ0v) is 9.18. The molecule has 0 saturated heterocycles. The van der Waals surface area contributed by atoms with Crippen molar-refractivity contribution < 1.29 is 4.42 Å². The summed E-state index contributed by atoms with van der Waals surface area (Å²) in [5.41, 5.74) is 7.37. The maximum atomic E-state index is 5.79. The predicted molar refractivity (Wildman–Crippen MR) is 64.1 cm³/mol. The van der Waals surface area contributed by atoms with Gasteiger partial charge in [0, 0.05) is 18.7 Å². The highest BCUT2D eigenvalue weighted by atomic mass is 16.3. The maximum Gasteiger partial charge on any atom is 0.105 e. The van der Waals surface area contributed by atoms with Gasteiger partial charge >= 0.3 is 0 Å². The van der Waals surface area contributed by atoms with Crippen LogP contribution >= 0.6 is 0 Å². The van der Waals surface area contributed by atoms with Crippen LogP contribution in [0.25, 0.3) is 0 Å². The van der Waals surface area contributed by atoms with Crippen LogP contribution in [0.4, 0.5) is 11.4 Å². The second-order valence-corrected chi connectivity index (χ2v) is 3.79. The molecule has 0 saturated carbocycles. The Morgan fingerprint density at radius 1 is 1.50 bits per heavy atom. The Morgan fingerprint density at radius 3 is 3.06 bits per heavy atom. The van der Waals surface area contributed by atoms with E-state index >= 15 is 0 Å². The molecule has 0 radical (unpaired) electrons. The first-order chi connectivity index (χ1) is 7.75. The van der Waals surface area contributed by atoms with E-state index in [0.29, 0.717) is 5.69 Å². The van der Waals surface area contributed by atoms with Gasteiger partial charge in [0.1, 0.15) is 5.76 Å². The van der Waals surface area contributed by atoms with Crippen LogP contribution in [0.5, 0.6) is 0 Å². The predicted octanol–water partition coefficient (Wildman–Crippen LogP) is 2.30. The minimum absolute atomic E-state index is 0.260. The van der Waals surface area contributed by atoms with E-state index in [1.807, 2.05) is 18.2 Å². The normalized spacial score (nSPS) is 12.3. The lowest BCUT2D eigenvalue weighted by atomic mass is 10.2. The number of hydrogen-bond acceptors (Lipinski definition) is 4. The van der Waals surface area contributed by atoms with Crippen LogP contribution in [-0.2, 0) is 6.42 Å². The molecule has 0 spiro atoms. The summed E-state index contributed by atoms with van der Waals surface area (Å²) in [6, 6.07) is 5.99. The van der Waals surface area contributed by atoms with E-state index in [0.717, 1.165) is 17.9 Å². The van der Waals surface area contributed by atoms with Crippen LogP contribution in [0.3, 0.4) is 0 Å². The molecule has 0 aliphatic heterocycles. The summed E-state index contributed by atoms with van der Waals surface area (Å²) < 4.78 is 5.29. The Balaban J connectivity index is 1.97. The Kier molecular flexibility index (Phi) is 3.10. The molecule has 3 N–H and O–H groups in total. The van der Waals surface area contributed by atoms with Crippen molar-refractivity contribution in [1.82, 2.24) is 4.98 Å². The molecule has 1 unspecified atom stereocenters. The van der Waals surface area contributed by atoms with Crippen molar-refractivity contribution in [2.45, 2.75) is 19.4 Å². The second kappa shape index (κ2) is 4.70. The van der Waals surface area contributed by atoms with Gasteiger partial charge in [-0.15, -0.1) is 0 Å². The van der Waals surface area contributed by atoms with Crippen molar-refractivity contribution in [2.75, 3.05) is 11.1 Å². The number of anilines is 2. The Morgan fingerprint density at radius 2 is 2.38 bits per heavy atom. The number of nitrogens with one attached hydrogen (secondary N) is 1. The number of aromatic nitrogens is 1. The third-order valence-corrected chi connectivity index (χ3v) is 2.34. The lowest BCUT2D eigenvalue weighted by Crippen LogP contribution is -2.18. The summed E-state index contributed by atoms with van der Waals surface area (Å²) in [6.45, 7) is 2.09. The van der Waals surface area contributed by atoms with Crippen molar-refractivity contribution in [3.05, 3.63) is 42.6 Å². The number of rotatable bonds is 4. The highest BCUT2D eigenvalue weighted by molar-refractivity contribution is 5.64. The number of nitrogen functional groups attached to an aromatic ring is 1. The van der Waals surface area contributed by atoms with E-state index in [1.165, 1.54) is 0 Å². The average Bonchev–Trinajstić information content (AvgIpc) is 2.74. The quantitative estimate of drug-likeness (QED) is 0.824. The standard InChI is InChI=1S/C12H15N3O/c1-9(7-10-3-2-6-16-10)15-12-4-5-14-8-11(12)13/h2-6,8-9H,7,13H2,1H3,(H,14,15). The van der Waals surface area contributed by atoms with Crippen LogP contribution in [0.15, 0.2) is 41.3 Å². The number of hydrogen-bond donors (Lipinski definition) is 2. The van der Waals surface area contributed by atoms with Gasteiger partial charge in [0.15, 0.2) is 0 Å². The molecule has 2 aromatic rings. The molecule has 4 nitrogen and oxygen atoms in total. The molecule has 1 atom stereocenters. The Hall–Kier alpha value is -1.97. The zero-order valence-electron chi connectivity index (χ0n) is 9.18. The third-order valence-electron chi connectivity index (χ3n) is 2.34. The summed E-state index contributed by atoms with van der Waals surface area (Å²) >= 11 is 0. The minimum Gasteiger partial charge on any atom is -0.469 e. The Bertz CT molecular complexity index is 439. The van der Waals surface area contributed by atoms with Crippen LogP contribution in [0.1, 0.15) is 12.7 Å². The first-order valence-corrected chi connectivity index (χ1v) is 5.24. The minimum atomic E-state index is 0.260. The van der Waals surface area contributed by atoms with Crippen LogP contribution < -0.4 is 11.1 Å². The number of furan rings is 1. The third kappa shape index (κ3) is 2.53. The van der Waals surface area contributed by atoms with Crippen molar-refractivity contribution in [1.29, 1.82) is 0 Å². The molecule has 0 amide bonds. The van der Waals surface area contributed by atoms with Crippen molar-refractivity contribution in [3.63, 3.8) is 0 Å². The molecule has 0 aromatic carbocycles. The summed E-state index contributed by atoms with van der Waals surface area (Å²) in [4.78, 5) is 3.94. The molecular weight excluding hydrogens is 202 g/mol. The molecule has 16 heavy (non-hydrogen) atoms. The van der Waals surface area contributed by atoms with Crippen molar-refractivity contribution >= 4 is 11.4 Å². The van der Waals surface area contributed by atoms with E-state index in [2.05, 4.69) is 17.2 Å². The molecule has 2 heterocycles. The highest BCUT2D eigenvalue weighted by Gasteiger charge is 2.07. The number of nitrogens with zero attached hydrogens (tertiary/aromatic N) is 1. The molecule has 2 rings (SSSR count). The molecule has 84 valence electrons. The van der Waals surface area contributed by atoms with Gasteiger partial charge in [-0.3, -0.25) is 4.98 Å². The van der Waals surface area contributed by atoms with Crippen molar-refractivity contribution in [3.8, 4) is 0 Å². The highest BCUT2D eigenvalue weighted by Crippen LogP contribution is 2.17. The zero-order chi connectivity index (χ0) is 11.4. The molecule has 0 fully saturated rings. The number of pyridine rings is 1. The van der Waals surface area contributed by atoms with E-state index in [9.17, 15) is 0 Å². The molecular formula is C12H15N3O. The SMILES string of the molecule is CC(Cc1ccco1)Nc1ccncc1N. The smallest absolute Gasteiger partial charge is 0.105 e. The first-order valence-electron chi connectivity index (χ1n) is 5.24.